The van der Waals surface area contributed by atoms with Crippen molar-refractivity contribution in [3.8, 4) is 0 Å². The van der Waals surface area contributed by atoms with Gasteiger partial charge in [-0.3, -0.25) is 0 Å². The Kier molecular flexibility index (Phi) is 4.09. The van der Waals surface area contributed by atoms with Crippen molar-refractivity contribution in [1.29, 1.82) is 0 Å². The molecule has 0 spiro atoms. The van der Waals surface area contributed by atoms with Crippen molar-refractivity contribution in [3.63, 3.8) is 0 Å². The topological polar surface area (TPSA) is 80.7 Å². The zero-order valence-corrected chi connectivity index (χ0v) is 12.6. The quantitative estimate of drug-likeness (QED) is 0.637. The Hall–Kier alpha value is -1.16. The van der Waals surface area contributed by atoms with Crippen LogP contribution in [0.1, 0.15) is 0 Å². The van der Waals surface area contributed by atoms with Gasteiger partial charge in [0.15, 0.2) is 0 Å². The third-order valence-corrected chi connectivity index (χ3v) is 10.1. The molecule has 0 aliphatic carbocycles. The van der Waals surface area contributed by atoms with Gasteiger partial charge in [0.2, 0.25) is 0 Å². The predicted octanol–water partition coefficient (Wildman–Crippen LogP) is 2.85. The second-order valence-electron chi connectivity index (χ2n) is 3.55. The molecule has 0 atom stereocenters. The molecular formula is C12H11IO5S. The molecule has 5 nitrogen and oxygen atoms in total. The van der Waals surface area contributed by atoms with E-state index in [1.807, 2.05) is 0 Å². The van der Waals surface area contributed by atoms with E-state index in [-0.39, 0.29) is 7.14 Å². The van der Waals surface area contributed by atoms with E-state index < -0.39 is 29.2 Å². The molecule has 0 radical (unpaired) electrons. The third kappa shape index (κ3) is 3.44. The van der Waals surface area contributed by atoms with Crippen molar-refractivity contribution >= 4 is 29.2 Å². The van der Waals surface area contributed by atoms with Crippen LogP contribution in [0.15, 0.2) is 60.7 Å². The summed E-state index contributed by atoms with van der Waals surface area (Å²) in [7, 11) is -4.81. The molecule has 0 heterocycles. The molecule has 0 amide bonds. The fraction of sp³-hybridized carbons (Fsp3) is 0. The molecule has 19 heavy (non-hydrogen) atoms. The second-order valence-corrected chi connectivity index (χ2v) is 10.8. The summed E-state index contributed by atoms with van der Waals surface area (Å²) in [6.45, 7) is 0. The number of hydrogen-bond donors (Lipinski definition) is 1. The first-order valence-corrected chi connectivity index (χ1v) is 10.5. The second kappa shape index (κ2) is 5.45. The molecule has 0 aliphatic heterocycles. The molecule has 0 bridgehead atoms. The fourth-order valence-electron chi connectivity index (χ4n) is 1.47. The summed E-state index contributed by atoms with van der Waals surface area (Å²) in [5, 5.41) is 0. The van der Waals surface area contributed by atoms with Gasteiger partial charge < -0.3 is 0 Å². The average Bonchev–Trinajstić information content (AvgIpc) is 2.39. The Morgan fingerprint density at radius 2 is 1.21 bits per heavy atom. The predicted molar refractivity (Wildman–Crippen MR) is 77.6 cm³/mol. The van der Waals surface area contributed by atoms with Crippen molar-refractivity contribution in [3.05, 3.63) is 67.8 Å². The van der Waals surface area contributed by atoms with Crippen LogP contribution in [0.5, 0.6) is 0 Å². The zero-order chi connectivity index (χ0) is 13.9. The minimum atomic E-state index is -4.81. The Bertz CT molecular complexity index is 654. The summed E-state index contributed by atoms with van der Waals surface area (Å²) in [6.07, 6.45) is 0. The van der Waals surface area contributed by atoms with Crippen LogP contribution < -0.4 is 0 Å². The summed E-state index contributed by atoms with van der Waals surface area (Å²) < 4.78 is 48.8. The number of benzene rings is 2. The molecule has 7 heteroatoms. The van der Waals surface area contributed by atoms with E-state index in [0.29, 0.717) is 0 Å². The molecule has 0 unspecified atom stereocenters. The molecular weight excluding hydrogens is 383 g/mol. The van der Waals surface area contributed by atoms with Crippen LogP contribution in [0, 0.1) is 7.14 Å². The first kappa shape index (κ1) is 14.3. The molecule has 0 aromatic heterocycles. The van der Waals surface area contributed by atoms with Crippen molar-refractivity contribution in [1.82, 2.24) is 0 Å². The molecule has 0 fully saturated rings. The van der Waals surface area contributed by atoms with E-state index >= 15 is 0 Å². The molecule has 1 N–H and O–H groups in total. The van der Waals surface area contributed by atoms with Crippen molar-refractivity contribution in [2.45, 2.75) is 0 Å². The first-order chi connectivity index (χ1) is 8.92. The summed E-state index contributed by atoms with van der Waals surface area (Å²) in [5.41, 5.74) is 0. The molecule has 0 saturated heterocycles. The van der Waals surface area contributed by atoms with E-state index in [0.717, 1.165) is 0 Å². The third-order valence-electron chi connectivity index (χ3n) is 2.21. The monoisotopic (exact) mass is 394 g/mol. The van der Waals surface area contributed by atoms with Gasteiger partial charge in [-0.1, -0.05) is 0 Å². The Morgan fingerprint density at radius 3 is 1.53 bits per heavy atom. The van der Waals surface area contributed by atoms with Gasteiger partial charge in [-0.25, -0.2) is 0 Å². The molecule has 2 aromatic carbocycles. The van der Waals surface area contributed by atoms with Crippen molar-refractivity contribution < 1.29 is 18.6 Å². The Morgan fingerprint density at radius 1 is 0.842 bits per heavy atom. The van der Waals surface area contributed by atoms with E-state index in [4.69, 9.17) is 4.55 Å². The van der Waals surface area contributed by atoms with Crippen LogP contribution in [0.2, 0.25) is 0 Å². The summed E-state index contributed by atoms with van der Waals surface area (Å²) in [6, 6.07) is 16.0. The van der Waals surface area contributed by atoms with Gasteiger partial charge in [-0.2, -0.15) is 0 Å². The number of halogens is 1. The summed E-state index contributed by atoms with van der Waals surface area (Å²) in [4.78, 5) is 0. The van der Waals surface area contributed by atoms with Crippen LogP contribution in [-0.4, -0.2) is 13.0 Å². The minimum absolute atomic E-state index is 0.262. The maximum absolute atomic E-state index is 12.9. The standard InChI is InChI=1S/C12H11IO5S/c14-13(18-19(15,16)17,11-7-3-1-4-8-11)12-9-5-2-6-10-12/h1-10H,(H,15,16,17). The van der Waals surface area contributed by atoms with Gasteiger partial charge in [0, 0.05) is 0 Å². The van der Waals surface area contributed by atoms with Crippen LogP contribution in [0.3, 0.4) is 0 Å². The normalized spacial score (nSPS) is 13.1. The van der Waals surface area contributed by atoms with Crippen molar-refractivity contribution in [2.24, 2.45) is 0 Å². The van der Waals surface area contributed by atoms with Gasteiger partial charge in [-0.15, -0.1) is 0 Å². The van der Waals surface area contributed by atoms with Gasteiger partial charge in [0.1, 0.15) is 0 Å². The zero-order valence-electron chi connectivity index (χ0n) is 9.64. The molecule has 0 saturated carbocycles. The van der Waals surface area contributed by atoms with Crippen molar-refractivity contribution in [2.75, 3.05) is 0 Å². The summed E-state index contributed by atoms with van der Waals surface area (Å²) >= 11 is -4.73. The molecule has 0 aliphatic rings. The van der Waals surface area contributed by atoms with Crippen LogP contribution >= 0.6 is 18.8 Å². The SMILES string of the molecule is O=S(=O)(O)OI(=O)(c1ccccc1)c1ccccc1. The van der Waals surface area contributed by atoms with Gasteiger partial charge in [0.05, 0.1) is 0 Å². The van der Waals surface area contributed by atoms with Gasteiger partial charge in [-0.05, 0) is 0 Å². The molecule has 2 aromatic rings. The van der Waals surface area contributed by atoms with Gasteiger partial charge in [0.25, 0.3) is 0 Å². The van der Waals surface area contributed by atoms with E-state index in [1.54, 1.807) is 36.4 Å². The van der Waals surface area contributed by atoms with Crippen LogP contribution in [-0.2, 0) is 16.0 Å². The van der Waals surface area contributed by atoms with Crippen LogP contribution in [0.25, 0.3) is 0 Å². The first-order valence-electron chi connectivity index (χ1n) is 5.19. The number of rotatable bonds is 4. The Balaban J connectivity index is 2.61. The fourth-order valence-corrected chi connectivity index (χ4v) is 8.45. The van der Waals surface area contributed by atoms with E-state index in [2.05, 4.69) is 2.51 Å². The van der Waals surface area contributed by atoms with E-state index in [1.165, 1.54) is 24.3 Å². The molecule has 2 rings (SSSR count). The average molecular weight is 394 g/mol. The van der Waals surface area contributed by atoms with E-state index in [9.17, 15) is 11.5 Å². The maximum atomic E-state index is 12.9. The van der Waals surface area contributed by atoms with Crippen LogP contribution in [0.4, 0.5) is 0 Å². The number of hydrogen-bond acceptors (Lipinski definition) is 4. The Labute approximate surface area is 115 Å². The van der Waals surface area contributed by atoms with Gasteiger partial charge >= 0.3 is 116 Å². The molecule has 102 valence electrons. The summed E-state index contributed by atoms with van der Waals surface area (Å²) in [5.74, 6) is 0.